The number of methoxy groups -OCH3 is 1. The molecule has 0 amide bonds. The van der Waals surface area contributed by atoms with E-state index in [0.29, 0.717) is 6.61 Å². The number of rotatable bonds is 5. The number of benzene rings is 1. The highest BCUT2D eigenvalue weighted by Gasteiger charge is 2.06. The van der Waals surface area contributed by atoms with Gasteiger partial charge in [0.1, 0.15) is 0 Å². The summed E-state index contributed by atoms with van der Waals surface area (Å²) in [5.74, 6) is 4.94. The van der Waals surface area contributed by atoms with Crippen molar-refractivity contribution in [2.75, 3.05) is 12.5 Å². The van der Waals surface area contributed by atoms with E-state index in [0.717, 1.165) is 17.7 Å². The van der Waals surface area contributed by atoms with Gasteiger partial charge in [0.2, 0.25) is 0 Å². The summed E-state index contributed by atoms with van der Waals surface area (Å²) in [6.45, 7) is 2.65. The number of hydrogen-bond acceptors (Lipinski definition) is 3. The van der Waals surface area contributed by atoms with Crippen LogP contribution in [0.25, 0.3) is 0 Å². The molecule has 1 aromatic rings. The lowest BCUT2D eigenvalue weighted by atomic mass is 10.0. The molecular formula is C10H16N4O. The van der Waals surface area contributed by atoms with Gasteiger partial charge >= 0.3 is 0 Å². The third-order valence-electron chi connectivity index (χ3n) is 2.17. The van der Waals surface area contributed by atoms with Crippen LogP contribution in [-0.2, 0) is 17.8 Å². The van der Waals surface area contributed by atoms with Crippen molar-refractivity contribution in [1.29, 1.82) is 0 Å². The van der Waals surface area contributed by atoms with Crippen LogP contribution in [0.5, 0.6) is 0 Å². The van der Waals surface area contributed by atoms with Crippen LogP contribution in [-0.4, -0.2) is 7.11 Å². The van der Waals surface area contributed by atoms with Crippen LogP contribution in [0.4, 0.5) is 5.69 Å². The van der Waals surface area contributed by atoms with Crippen LogP contribution in [0.1, 0.15) is 18.1 Å². The Kier molecular flexibility index (Phi) is 4.56. The molecule has 0 radical (unpaired) electrons. The maximum Gasteiger partial charge on any atom is 0.0736 e. The van der Waals surface area contributed by atoms with E-state index in [4.69, 9.17) is 10.6 Å². The molecule has 1 aromatic carbocycles. The summed E-state index contributed by atoms with van der Waals surface area (Å²) in [7, 11) is 1.67. The number of nitrogens with zero attached hydrogens (tertiary/aromatic N) is 2. The average Bonchev–Trinajstić information content (AvgIpc) is 2.28. The van der Waals surface area contributed by atoms with Gasteiger partial charge in [-0.2, -0.15) is 0 Å². The van der Waals surface area contributed by atoms with Crippen molar-refractivity contribution in [3.63, 3.8) is 0 Å². The molecule has 82 valence electrons. The van der Waals surface area contributed by atoms with E-state index >= 15 is 0 Å². The first kappa shape index (κ1) is 11.5. The van der Waals surface area contributed by atoms with E-state index in [2.05, 4.69) is 28.9 Å². The first-order valence-electron chi connectivity index (χ1n) is 4.79. The topological polar surface area (TPSA) is 72.0 Å². The zero-order valence-corrected chi connectivity index (χ0v) is 9.03. The maximum absolute atomic E-state index is 5.15. The highest BCUT2D eigenvalue weighted by atomic mass is 16.5. The van der Waals surface area contributed by atoms with Gasteiger partial charge in [-0.1, -0.05) is 29.5 Å². The van der Waals surface area contributed by atoms with E-state index in [1.807, 2.05) is 12.1 Å². The second-order valence-corrected chi connectivity index (χ2v) is 3.06. The molecule has 1 rings (SSSR count). The average molecular weight is 208 g/mol. The molecule has 0 atom stereocenters. The lowest BCUT2D eigenvalue weighted by molar-refractivity contribution is 0.184. The second kappa shape index (κ2) is 5.98. The standard InChI is InChI=1S/C10H16N4O/c1-3-8-5-4-6-10(12-14-13-11)9(8)7-15-2/h4-6H,3,7H2,1-2H3,(H2,11,14)(H,12,13). The van der Waals surface area contributed by atoms with Crippen LogP contribution >= 0.6 is 0 Å². The summed E-state index contributed by atoms with van der Waals surface area (Å²) in [4.78, 5) is 0. The van der Waals surface area contributed by atoms with Crippen molar-refractivity contribution in [3.05, 3.63) is 29.3 Å². The third-order valence-corrected chi connectivity index (χ3v) is 2.17. The van der Waals surface area contributed by atoms with Gasteiger partial charge in [0.05, 0.1) is 12.3 Å². The Bertz CT molecular complexity index is 338. The molecule has 0 heterocycles. The van der Waals surface area contributed by atoms with Crippen molar-refractivity contribution in [2.24, 2.45) is 16.3 Å². The maximum atomic E-state index is 5.15. The van der Waals surface area contributed by atoms with Gasteiger partial charge in [0, 0.05) is 12.7 Å². The molecule has 0 aliphatic carbocycles. The highest BCUT2D eigenvalue weighted by Crippen LogP contribution is 2.21. The summed E-state index contributed by atoms with van der Waals surface area (Å²) < 4.78 is 5.15. The van der Waals surface area contributed by atoms with Gasteiger partial charge in [0.25, 0.3) is 0 Å². The first-order valence-corrected chi connectivity index (χ1v) is 4.79. The van der Waals surface area contributed by atoms with Crippen molar-refractivity contribution in [3.8, 4) is 0 Å². The van der Waals surface area contributed by atoms with Gasteiger partial charge in [-0.3, -0.25) is 5.43 Å². The summed E-state index contributed by atoms with van der Waals surface area (Å²) >= 11 is 0. The minimum absolute atomic E-state index is 0.548. The molecule has 15 heavy (non-hydrogen) atoms. The Morgan fingerprint density at radius 1 is 1.47 bits per heavy atom. The molecule has 0 unspecified atom stereocenters. The summed E-state index contributed by atoms with van der Waals surface area (Å²) in [5.41, 5.74) is 5.98. The summed E-state index contributed by atoms with van der Waals surface area (Å²) in [5, 5.41) is 6.72. The third kappa shape index (κ3) is 2.92. The Labute approximate surface area is 89.3 Å². The van der Waals surface area contributed by atoms with Crippen LogP contribution < -0.4 is 11.3 Å². The minimum Gasteiger partial charge on any atom is -0.380 e. The van der Waals surface area contributed by atoms with Crippen molar-refractivity contribution < 1.29 is 4.74 Å². The van der Waals surface area contributed by atoms with Crippen LogP contribution in [0.2, 0.25) is 0 Å². The smallest absolute Gasteiger partial charge is 0.0736 e. The highest BCUT2D eigenvalue weighted by molar-refractivity contribution is 5.53. The van der Waals surface area contributed by atoms with E-state index in [-0.39, 0.29) is 0 Å². The van der Waals surface area contributed by atoms with Crippen LogP contribution in [0.3, 0.4) is 0 Å². The Morgan fingerprint density at radius 3 is 2.87 bits per heavy atom. The molecular weight excluding hydrogens is 192 g/mol. The van der Waals surface area contributed by atoms with Crippen LogP contribution in [0.15, 0.2) is 28.6 Å². The minimum atomic E-state index is 0.548. The van der Waals surface area contributed by atoms with Gasteiger partial charge in [0.15, 0.2) is 0 Å². The molecule has 5 heteroatoms. The first-order chi connectivity index (χ1) is 7.33. The predicted octanol–water partition coefficient (Wildman–Crippen LogP) is 2.05. The molecule has 0 bridgehead atoms. The Balaban J connectivity index is 3.01. The fourth-order valence-electron chi connectivity index (χ4n) is 1.47. The van der Waals surface area contributed by atoms with E-state index in [1.54, 1.807) is 7.11 Å². The SMILES string of the molecule is CCc1cccc(N/N=N\N)c1COC. The van der Waals surface area contributed by atoms with Gasteiger partial charge in [-0.05, 0) is 18.1 Å². The van der Waals surface area contributed by atoms with Crippen molar-refractivity contribution >= 4 is 5.69 Å². The number of nitrogens with one attached hydrogen (secondary N) is 1. The lowest BCUT2D eigenvalue weighted by Gasteiger charge is -2.11. The summed E-state index contributed by atoms with van der Waals surface area (Å²) in [6.07, 6.45) is 0.952. The summed E-state index contributed by atoms with van der Waals surface area (Å²) in [6, 6.07) is 5.95. The number of nitrogens with two attached hydrogens (primary N) is 1. The molecule has 3 N–H and O–H groups in total. The van der Waals surface area contributed by atoms with E-state index in [1.165, 1.54) is 5.56 Å². The fraction of sp³-hybridized carbons (Fsp3) is 0.400. The lowest BCUT2D eigenvalue weighted by Crippen LogP contribution is -2.01. The van der Waals surface area contributed by atoms with E-state index < -0.39 is 0 Å². The molecule has 0 fully saturated rings. The van der Waals surface area contributed by atoms with Crippen molar-refractivity contribution in [1.82, 2.24) is 0 Å². The molecule has 0 aliphatic rings. The van der Waals surface area contributed by atoms with Crippen LogP contribution in [0, 0.1) is 0 Å². The molecule has 0 aromatic heterocycles. The fourth-order valence-corrected chi connectivity index (χ4v) is 1.47. The van der Waals surface area contributed by atoms with Gasteiger partial charge in [-0.25, -0.2) is 0 Å². The monoisotopic (exact) mass is 208 g/mol. The second-order valence-electron chi connectivity index (χ2n) is 3.06. The number of hydrogen-bond donors (Lipinski definition) is 2. The quantitative estimate of drug-likeness (QED) is 0.442. The molecule has 0 spiro atoms. The zero-order valence-electron chi connectivity index (χ0n) is 9.03. The molecule has 0 aliphatic heterocycles. The van der Waals surface area contributed by atoms with Crippen molar-refractivity contribution in [2.45, 2.75) is 20.0 Å². The largest absolute Gasteiger partial charge is 0.380 e. The molecule has 0 saturated carbocycles. The Morgan fingerprint density at radius 2 is 2.27 bits per heavy atom. The van der Waals surface area contributed by atoms with E-state index in [9.17, 15) is 0 Å². The van der Waals surface area contributed by atoms with Gasteiger partial charge in [-0.15, -0.1) is 0 Å². The van der Waals surface area contributed by atoms with Gasteiger partial charge < -0.3 is 10.6 Å². The number of anilines is 1. The Hall–Kier alpha value is -1.62. The predicted molar refractivity (Wildman–Crippen MR) is 59.2 cm³/mol. The molecule has 5 nitrogen and oxygen atoms in total. The number of aryl methyl sites for hydroxylation is 1. The molecule has 0 saturated heterocycles. The normalized spacial score (nSPS) is 10.8. The zero-order chi connectivity index (χ0) is 11.1. The number of ether oxygens (including phenoxy) is 1.